The average molecular weight is 353 g/mol. The van der Waals surface area contributed by atoms with Crippen molar-refractivity contribution in [2.45, 2.75) is 25.4 Å². The Morgan fingerprint density at radius 1 is 1.04 bits per heavy atom. The van der Waals surface area contributed by atoms with E-state index in [4.69, 9.17) is 4.74 Å². The molecule has 5 nitrogen and oxygen atoms in total. The number of Topliss-reactive ketones (excluding diaryl/α,β-unsaturated/α-hetero) is 2. The van der Waals surface area contributed by atoms with Crippen molar-refractivity contribution in [2.75, 3.05) is 25.6 Å². The molecule has 0 amide bonds. The van der Waals surface area contributed by atoms with Crippen LogP contribution in [0.2, 0.25) is 0 Å². The van der Waals surface area contributed by atoms with Crippen LogP contribution in [0, 0.1) is 0 Å². The molecule has 0 unspecified atom stereocenters. The molecule has 0 radical (unpaired) electrons. The molecular weight excluding hydrogens is 330 g/mol. The summed E-state index contributed by atoms with van der Waals surface area (Å²) < 4.78 is 5.85. The summed E-state index contributed by atoms with van der Waals surface area (Å²) in [7, 11) is 3.78. The van der Waals surface area contributed by atoms with Gasteiger partial charge in [-0.2, -0.15) is 0 Å². The summed E-state index contributed by atoms with van der Waals surface area (Å²) in [5.74, 6) is -0.839. The standard InChI is InChI=1S/C21H23NO4/c1-4-5-12-26-18-13-14(22(2)3)10-11-17(18)21(25)19(23)15-8-6-7-9-16(15)20(21)24/h6-11,13,25H,4-5,12H2,1-3H3. The zero-order chi connectivity index (χ0) is 18.9. The first-order valence-electron chi connectivity index (χ1n) is 8.77. The number of carbonyl (C=O) groups is 2. The molecule has 0 atom stereocenters. The van der Waals surface area contributed by atoms with Crippen molar-refractivity contribution in [2.24, 2.45) is 0 Å². The molecule has 2 aromatic rings. The molecule has 0 aliphatic heterocycles. The molecule has 0 heterocycles. The summed E-state index contributed by atoms with van der Waals surface area (Å²) in [6, 6.07) is 11.6. The predicted molar refractivity (Wildman–Crippen MR) is 100 cm³/mol. The predicted octanol–water partition coefficient (Wildman–Crippen LogP) is 3.20. The smallest absolute Gasteiger partial charge is 0.220 e. The van der Waals surface area contributed by atoms with Crippen molar-refractivity contribution in [1.29, 1.82) is 0 Å². The third-order valence-corrected chi connectivity index (χ3v) is 4.70. The summed E-state index contributed by atoms with van der Waals surface area (Å²) in [4.78, 5) is 27.7. The molecule has 0 saturated heterocycles. The number of hydrogen-bond donors (Lipinski definition) is 1. The molecular formula is C21H23NO4. The summed E-state index contributed by atoms with van der Waals surface area (Å²) in [6.45, 7) is 2.50. The number of fused-ring (bicyclic) bond motifs is 1. The van der Waals surface area contributed by atoms with E-state index < -0.39 is 17.2 Å². The molecule has 1 aliphatic carbocycles. The number of carbonyl (C=O) groups excluding carboxylic acids is 2. The summed E-state index contributed by atoms with van der Waals surface area (Å²) >= 11 is 0. The third kappa shape index (κ3) is 2.78. The van der Waals surface area contributed by atoms with Crippen LogP contribution in [-0.2, 0) is 5.60 Å². The van der Waals surface area contributed by atoms with Gasteiger partial charge in [-0.1, -0.05) is 37.6 Å². The molecule has 2 aromatic carbocycles. The number of rotatable bonds is 6. The second-order valence-electron chi connectivity index (χ2n) is 6.69. The van der Waals surface area contributed by atoms with Crippen LogP contribution in [0.4, 0.5) is 5.69 Å². The minimum absolute atomic E-state index is 0.199. The lowest BCUT2D eigenvalue weighted by molar-refractivity contribution is 0.0310. The summed E-state index contributed by atoms with van der Waals surface area (Å²) in [5, 5.41) is 11.2. The molecule has 26 heavy (non-hydrogen) atoms. The number of ether oxygens (including phenoxy) is 1. The van der Waals surface area contributed by atoms with Crippen LogP contribution >= 0.6 is 0 Å². The highest BCUT2D eigenvalue weighted by molar-refractivity contribution is 6.32. The Balaban J connectivity index is 2.10. The van der Waals surface area contributed by atoms with Crippen molar-refractivity contribution < 1.29 is 19.4 Å². The quantitative estimate of drug-likeness (QED) is 0.638. The van der Waals surface area contributed by atoms with E-state index in [0.717, 1.165) is 18.5 Å². The van der Waals surface area contributed by atoms with Gasteiger partial charge < -0.3 is 14.7 Å². The first-order valence-corrected chi connectivity index (χ1v) is 8.77. The molecule has 136 valence electrons. The Labute approximate surface area is 153 Å². The van der Waals surface area contributed by atoms with E-state index in [0.29, 0.717) is 12.4 Å². The number of benzene rings is 2. The fraction of sp³-hybridized carbons (Fsp3) is 0.333. The average Bonchev–Trinajstić information content (AvgIpc) is 2.84. The minimum atomic E-state index is -2.24. The van der Waals surface area contributed by atoms with Gasteiger partial charge >= 0.3 is 0 Å². The maximum absolute atomic E-state index is 12.9. The number of nitrogens with zero attached hydrogens (tertiary/aromatic N) is 1. The van der Waals surface area contributed by atoms with Crippen LogP contribution in [0.3, 0.4) is 0 Å². The van der Waals surface area contributed by atoms with E-state index >= 15 is 0 Å². The van der Waals surface area contributed by atoms with Gasteiger partial charge in [-0.25, -0.2) is 0 Å². The molecule has 0 saturated carbocycles. The number of anilines is 1. The van der Waals surface area contributed by atoms with Gasteiger partial charge in [0, 0.05) is 42.5 Å². The largest absolute Gasteiger partial charge is 0.493 e. The van der Waals surface area contributed by atoms with Gasteiger partial charge in [0.25, 0.3) is 0 Å². The van der Waals surface area contributed by atoms with Crippen molar-refractivity contribution in [3.8, 4) is 5.75 Å². The van der Waals surface area contributed by atoms with Crippen LogP contribution < -0.4 is 9.64 Å². The molecule has 0 aromatic heterocycles. The Morgan fingerprint density at radius 3 is 2.19 bits per heavy atom. The van der Waals surface area contributed by atoms with Gasteiger partial charge in [0.1, 0.15) is 5.75 Å². The lowest BCUT2D eigenvalue weighted by Crippen LogP contribution is -2.38. The molecule has 0 fully saturated rings. The van der Waals surface area contributed by atoms with Crippen LogP contribution in [0.25, 0.3) is 0 Å². The lowest BCUT2D eigenvalue weighted by atomic mass is 9.88. The second-order valence-corrected chi connectivity index (χ2v) is 6.69. The molecule has 1 aliphatic rings. The van der Waals surface area contributed by atoms with E-state index in [9.17, 15) is 14.7 Å². The van der Waals surface area contributed by atoms with Crippen molar-refractivity contribution in [3.63, 3.8) is 0 Å². The monoisotopic (exact) mass is 353 g/mol. The summed E-state index contributed by atoms with van der Waals surface area (Å²) in [6.07, 6.45) is 1.79. The first-order chi connectivity index (χ1) is 12.4. The first kappa shape index (κ1) is 18.1. The Kier molecular flexibility index (Phi) is 4.83. The van der Waals surface area contributed by atoms with Crippen LogP contribution in [0.5, 0.6) is 5.75 Å². The van der Waals surface area contributed by atoms with Crippen LogP contribution in [-0.4, -0.2) is 37.4 Å². The lowest BCUT2D eigenvalue weighted by Gasteiger charge is -2.24. The van der Waals surface area contributed by atoms with Crippen molar-refractivity contribution in [1.82, 2.24) is 0 Å². The van der Waals surface area contributed by atoms with Crippen LogP contribution in [0.1, 0.15) is 46.0 Å². The number of unbranched alkanes of at least 4 members (excludes halogenated alkanes) is 1. The number of aliphatic hydroxyl groups is 1. The zero-order valence-electron chi connectivity index (χ0n) is 15.3. The fourth-order valence-electron chi connectivity index (χ4n) is 3.15. The Morgan fingerprint density at radius 2 is 1.65 bits per heavy atom. The molecule has 0 bridgehead atoms. The van der Waals surface area contributed by atoms with Gasteiger partial charge in [-0.15, -0.1) is 0 Å². The van der Waals surface area contributed by atoms with E-state index in [1.165, 1.54) is 0 Å². The van der Waals surface area contributed by atoms with Crippen molar-refractivity contribution in [3.05, 3.63) is 59.2 Å². The number of hydrogen-bond acceptors (Lipinski definition) is 5. The van der Waals surface area contributed by atoms with Crippen LogP contribution in [0.15, 0.2) is 42.5 Å². The maximum Gasteiger partial charge on any atom is 0.220 e. The van der Waals surface area contributed by atoms with Crippen molar-refractivity contribution >= 4 is 17.3 Å². The Hall–Kier alpha value is -2.66. The number of ketones is 2. The van der Waals surface area contributed by atoms with Gasteiger partial charge in [0.05, 0.1) is 6.61 Å². The zero-order valence-corrected chi connectivity index (χ0v) is 15.3. The molecule has 0 spiro atoms. The minimum Gasteiger partial charge on any atom is -0.493 e. The SMILES string of the molecule is CCCCOc1cc(N(C)C)ccc1C1(O)C(=O)c2ccccc2C1=O. The highest BCUT2D eigenvalue weighted by Crippen LogP contribution is 2.42. The van der Waals surface area contributed by atoms with Gasteiger partial charge in [-0.3, -0.25) is 9.59 Å². The highest BCUT2D eigenvalue weighted by atomic mass is 16.5. The summed E-state index contributed by atoms with van der Waals surface area (Å²) in [5.41, 5.74) is -0.687. The highest BCUT2D eigenvalue weighted by Gasteiger charge is 2.54. The maximum atomic E-state index is 12.9. The fourth-order valence-corrected chi connectivity index (χ4v) is 3.15. The topological polar surface area (TPSA) is 66.8 Å². The van der Waals surface area contributed by atoms with E-state index in [-0.39, 0.29) is 16.7 Å². The third-order valence-electron chi connectivity index (χ3n) is 4.70. The second kappa shape index (κ2) is 6.92. The molecule has 3 rings (SSSR count). The Bertz CT molecular complexity index is 822. The normalized spacial score (nSPS) is 15.1. The van der Waals surface area contributed by atoms with E-state index in [1.807, 2.05) is 19.0 Å². The molecule has 5 heteroatoms. The van der Waals surface area contributed by atoms with Gasteiger partial charge in [0.15, 0.2) is 0 Å². The van der Waals surface area contributed by atoms with E-state index in [1.54, 1.807) is 42.5 Å². The van der Waals surface area contributed by atoms with Gasteiger partial charge in [0.2, 0.25) is 17.2 Å². The molecule has 1 N–H and O–H groups in total. The van der Waals surface area contributed by atoms with Gasteiger partial charge in [-0.05, 0) is 18.6 Å². The van der Waals surface area contributed by atoms with E-state index in [2.05, 4.69) is 6.92 Å².